The maximum absolute atomic E-state index is 13.3. The van der Waals surface area contributed by atoms with Crippen LogP contribution in [0, 0.1) is 23.1 Å². The Kier molecular flexibility index (Phi) is 4.30. The molecule has 1 fully saturated rings. The highest BCUT2D eigenvalue weighted by Crippen LogP contribution is 2.32. The molecular formula is C17H19FN4O. The number of halogens is 1. The van der Waals surface area contributed by atoms with Crippen LogP contribution in [-0.4, -0.2) is 27.7 Å². The van der Waals surface area contributed by atoms with E-state index in [4.69, 9.17) is 0 Å². The number of nitrogens with zero attached hydrogens (tertiary/aromatic N) is 4. The minimum atomic E-state index is -0.583. The quantitative estimate of drug-likeness (QED) is 0.944. The number of benzene rings is 1. The minimum Gasteiger partial charge on any atom is -0.385 e. The molecule has 1 aromatic heterocycles. The fourth-order valence-electron chi connectivity index (χ4n) is 3.20. The number of aliphatic hydroxyl groups is 1. The van der Waals surface area contributed by atoms with Crippen LogP contribution in [0.1, 0.15) is 30.3 Å². The Morgan fingerprint density at radius 2 is 2.13 bits per heavy atom. The number of imidazole rings is 1. The number of rotatable bonds is 3. The molecule has 0 saturated carbocycles. The zero-order valence-electron chi connectivity index (χ0n) is 13.0. The molecule has 23 heavy (non-hydrogen) atoms. The zero-order valence-corrected chi connectivity index (χ0v) is 13.0. The Morgan fingerprint density at radius 1 is 1.39 bits per heavy atom. The first-order chi connectivity index (χ1) is 11.1. The molecule has 120 valence electrons. The smallest absolute Gasteiger partial charge is 0.137 e. The van der Waals surface area contributed by atoms with E-state index in [2.05, 4.69) is 16.0 Å². The monoisotopic (exact) mass is 314 g/mol. The molecule has 1 atom stereocenters. The average Bonchev–Trinajstić information content (AvgIpc) is 3.00. The second-order valence-corrected chi connectivity index (χ2v) is 5.94. The third-order valence-electron chi connectivity index (χ3n) is 4.53. The van der Waals surface area contributed by atoms with Crippen LogP contribution in [0.4, 0.5) is 10.1 Å². The van der Waals surface area contributed by atoms with Gasteiger partial charge in [-0.3, -0.25) is 0 Å². The summed E-state index contributed by atoms with van der Waals surface area (Å²) >= 11 is 0. The molecule has 5 nitrogen and oxygen atoms in total. The van der Waals surface area contributed by atoms with E-state index >= 15 is 0 Å². The first kappa shape index (κ1) is 15.5. The molecule has 1 aromatic carbocycles. The lowest BCUT2D eigenvalue weighted by molar-refractivity contribution is 0.0825. The Hall–Kier alpha value is -2.39. The van der Waals surface area contributed by atoms with Crippen LogP contribution < -0.4 is 4.90 Å². The molecular weight excluding hydrogens is 295 g/mol. The maximum atomic E-state index is 13.3. The van der Waals surface area contributed by atoms with Crippen molar-refractivity contribution in [1.29, 1.82) is 5.26 Å². The fourth-order valence-corrected chi connectivity index (χ4v) is 3.20. The molecule has 0 spiro atoms. The highest BCUT2D eigenvalue weighted by Gasteiger charge is 2.29. The summed E-state index contributed by atoms with van der Waals surface area (Å²) in [5, 5.41) is 19.7. The van der Waals surface area contributed by atoms with Gasteiger partial charge in [-0.05, 0) is 37.0 Å². The minimum absolute atomic E-state index is 0.137. The first-order valence-corrected chi connectivity index (χ1v) is 7.70. The van der Waals surface area contributed by atoms with E-state index in [1.165, 1.54) is 12.1 Å². The summed E-state index contributed by atoms with van der Waals surface area (Å²) in [4.78, 5) is 6.30. The van der Waals surface area contributed by atoms with Crippen LogP contribution in [0.2, 0.25) is 0 Å². The van der Waals surface area contributed by atoms with Gasteiger partial charge in [0.15, 0.2) is 0 Å². The number of hydrogen-bond donors (Lipinski definition) is 1. The van der Waals surface area contributed by atoms with Crippen molar-refractivity contribution in [3.05, 3.63) is 47.8 Å². The Balaban J connectivity index is 1.69. The predicted molar refractivity (Wildman–Crippen MR) is 84.2 cm³/mol. The zero-order chi connectivity index (χ0) is 16.4. The van der Waals surface area contributed by atoms with Gasteiger partial charge in [-0.15, -0.1) is 0 Å². The van der Waals surface area contributed by atoms with Crippen LogP contribution in [0.3, 0.4) is 0 Å². The number of piperidine rings is 1. The van der Waals surface area contributed by atoms with E-state index in [-0.39, 0.29) is 5.92 Å². The Morgan fingerprint density at radius 3 is 2.74 bits per heavy atom. The van der Waals surface area contributed by atoms with Gasteiger partial charge < -0.3 is 14.6 Å². The van der Waals surface area contributed by atoms with E-state index < -0.39 is 11.9 Å². The molecule has 1 aliphatic rings. The number of aromatic nitrogens is 2. The van der Waals surface area contributed by atoms with Crippen molar-refractivity contribution in [1.82, 2.24) is 9.55 Å². The van der Waals surface area contributed by atoms with Crippen LogP contribution in [-0.2, 0) is 7.05 Å². The third kappa shape index (κ3) is 3.06. The number of nitriles is 1. The molecule has 0 amide bonds. The summed E-state index contributed by atoms with van der Waals surface area (Å²) in [5.41, 5.74) is 1.12. The molecule has 6 heteroatoms. The van der Waals surface area contributed by atoms with E-state index in [1.807, 2.05) is 17.8 Å². The molecule has 1 N–H and O–H groups in total. The van der Waals surface area contributed by atoms with Crippen molar-refractivity contribution in [2.24, 2.45) is 13.0 Å². The standard InChI is InChI=1S/C17H19FN4O/c1-21-9-6-20-17(21)16(23)12-4-7-22(8-5-12)15-3-2-14(18)10-13(15)11-19/h2-3,6,9-10,12,16,23H,4-5,7-8H2,1H3. The van der Waals surface area contributed by atoms with Gasteiger partial charge in [0, 0.05) is 32.5 Å². The molecule has 0 radical (unpaired) electrons. The van der Waals surface area contributed by atoms with Crippen LogP contribution in [0.25, 0.3) is 0 Å². The highest BCUT2D eigenvalue weighted by molar-refractivity contribution is 5.59. The number of aliphatic hydroxyl groups excluding tert-OH is 1. The van der Waals surface area contributed by atoms with Gasteiger partial charge in [0.1, 0.15) is 23.8 Å². The van der Waals surface area contributed by atoms with Gasteiger partial charge in [-0.1, -0.05) is 0 Å². The molecule has 1 aliphatic heterocycles. The SMILES string of the molecule is Cn1ccnc1C(O)C1CCN(c2ccc(F)cc2C#N)CC1. The molecule has 0 bridgehead atoms. The number of aryl methyl sites for hydroxylation is 1. The molecule has 2 aromatic rings. The average molecular weight is 314 g/mol. The third-order valence-corrected chi connectivity index (χ3v) is 4.53. The first-order valence-electron chi connectivity index (χ1n) is 7.70. The van der Waals surface area contributed by atoms with Crippen molar-refractivity contribution in [2.45, 2.75) is 18.9 Å². The van der Waals surface area contributed by atoms with Crippen molar-refractivity contribution in [3.63, 3.8) is 0 Å². The van der Waals surface area contributed by atoms with Gasteiger partial charge in [0.05, 0.1) is 11.3 Å². The van der Waals surface area contributed by atoms with Crippen LogP contribution in [0.15, 0.2) is 30.6 Å². The van der Waals surface area contributed by atoms with Crippen LogP contribution >= 0.6 is 0 Å². The van der Waals surface area contributed by atoms with Gasteiger partial charge in [-0.25, -0.2) is 9.37 Å². The van der Waals surface area contributed by atoms with Gasteiger partial charge in [-0.2, -0.15) is 5.26 Å². The van der Waals surface area contributed by atoms with Gasteiger partial charge in [0.25, 0.3) is 0 Å². The van der Waals surface area contributed by atoms with E-state index in [9.17, 15) is 14.8 Å². The van der Waals surface area contributed by atoms with Crippen molar-refractivity contribution in [2.75, 3.05) is 18.0 Å². The topological polar surface area (TPSA) is 65.1 Å². The molecule has 1 unspecified atom stereocenters. The lowest BCUT2D eigenvalue weighted by Gasteiger charge is -2.35. The number of anilines is 1. The molecule has 0 aliphatic carbocycles. The number of hydrogen-bond acceptors (Lipinski definition) is 4. The van der Waals surface area contributed by atoms with Crippen LogP contribution in [0.5, 0.6) is 0 Å². The highest BCUT2D eigenvalue weighted by atomic mass is 19.1. The van der Waals surface area contributed by atoms with E-state index in [0.717, 1.165) is 31.6 Å². The lowest BCUT2D eigenvalue weighted by Crippen LogP contribution is -2.36. The van der Waals surface area contributed by atoms with Crippen molar-refractivity contribution >= 4 is 5.69 Å². The summed E-state index contributed by atoms with van der Waals surface area (Å²) in [6.07, 6.45) is 4.53. The Bertz CT molecular complexity index is 728. The summed E-state index contributed by atoms with van der Waals surface area (Å²) in [5.74, 6) is 0.423. The summed E-state index contributed by atoms with van der Waals surface area (Å²) in [7, 11) is 1.87. The second-order valence-electron chi connectivity index (χ2n) is 5.94. The maximum Gasteiger partial charge on any atom is 0.137 e. The normalized spacial score (nSPS) is 17.0. The molecule has 2 heterocycles. The fraction of sp³-hybridized carbons (Fsp3) is 0.412. The van der Waals surface area contributed by atoms with Crippen molar-refractivity contribution in [3.8, 4) is 6.07 Å². The second kappa shape index (κ2) is 6.39. The van der Waals surface area contributed by atoms with Gasteiger partial charge >= 0.3 is 0 Å². The lowest BCUT2D eigenvalue weighted by atomic mass is 9.90. The molecule has 1 saturated heterocycles. The van der Waals surface area contributed by atoms with Crippen molar-refractivity contribution < 1.29 is 9.50 Å². The van der Waals surface area contributed by atoms with Gasteiger partial charge in [0.2, 0.25) is 0 Å². The van der Waals surface area contributed by atoms with E-state index in [1.54, 1.807) is 12.3 Å². The molecule has 3 rings (SSSR count). The summed E-state index contributed by atoms with van der Waals surface area (Å²) < 4.78 is 15.1. The predicted octanol–water partition coefficient (Wildman–Crippen LogP) is 2.38. The summed E-state index contributed by atoms with van der Waals surface area (Å²) in [6.45, 7) is 1.46. The summed E-state index contributed by atoms with van der Waals surface area (Å²) in [6, 6.07) is 6.36. The Labute approximate surface area is 134 Å². The largest absolute Gasteiger partial charge is 0.385 e. The van der Waals surface area contributed by atoms with E-state index in [0.29, 0.717) is 11.4 Å².